The number of fused-ring (bicyclic) bond motifs is 1. The van der Waals surface area contributed by atoms with E-state index in [1.54, 1.807) is 49.4 Å². The van der Waals surface area contributed by atoms with Gasteiger partial charge >= 0.3 is 0 Å². The zero-order valence-electron chi connectivity index (χ0n) is 19.5. The van der Waals surface area contributed by atoms with E-state index >= 15 is 0 Å². The lowest BCUT2D eigenvalue weighted by Crippen LogP contribution is -2.33. The molecule has 0 fully saturated rings. The Kier molecular flexibility index (Phi) is 6.27. The van der Waals surface area contributed by atoms with Crippen LogP contribution >= 0.6 is 0 Å². The van der Waals surface area contributed by atoms with Crippen molar-refractivity contribution >= 4 is 34.2 Å². The Morgan fingerprint density at radius 2 is 1.62 bits per heavy atom. The summed E-state index contributed by atoms with van der Waals surface area (Å²) in [5.41, 5.74) is 4.70. The van der Waals surface area contributed by atoms with Crippen molar-refractivity contribution in [2.75, 3.05) is 10.6 Å². The van der Waals surface area contributed by atoms with E-state index in [2.05, 4.69) is 15.6 Å². The summed E-state index contributed by atoms with van der Waals surface area (Å²) in [5, 5.41) is 5.68. The molecule has 4 rings (SSSR count). The minimum atomic E-state index is -0.811. The number of benzene rings is 3. The lowest BCUT2D eigenvalue weighted by Gasteiger charge is -2.19. The average Bonchev–Trinajstić information content (AvgIpc) is 2.81. The third-order valence-corrected chi connectivity index (χ3v) is 5.83. The summed E-state index contributed by atoms with van der Waals surface area (Å²) in [5.74, 6) is -0.572. The van der Waals surface area contributed by atoms with Crippen molar-refractivity contribution in [3.63, 3.8) is 0 Å². The Bertz CT molecular complexity index is 1470. The molecule has 1 aromatic heterocycles. The molecular weight excluding hydrogens is 428 g/mol. The molecule has 0 radical (unpaired) electrons. The summed E-state index contributed by atoms with van der Waals surface area (Å²) >= 11 is 0. The van der Waals surface area contributed by atoms with Crippen LogP contribution in [0.5, 0.6) is 0 Å². The lowest BCUT2D eigenvalue weighted by molar-refractivity contribution is -0.118. The van der Waals surface area contributed by atoms with Gasteiger partial charge in [0.1, 0.15) is 11.7 Å². The Morgan fingerprint density at radius 3 is 2.35 bits per heavy atom. The van der Waals surface area contributed by atoms with Crippen molar-refractivity contribution in [2.24, 2.45) is 0 Å². The molecule has 0 aliphatic carbocycles. The van der Waals surface area contributed by atoms with E-state index in [4.69, 9.17) is 0 Å². The molecule has 1 atom stereocenters. The minimum Gasteiger partial charge on any atom is -0.326 e. The van der Waals surface area contributed by atoms with Crippen LogP contribution in [0.4, 0.5) is 11.4 Å². The highest BCUT2D eigenvalue weighted by Crippen LogP contribution is 2.27. The second-order valence-corrected chi connectivity index (χ2v) is 8.32. The summed E-state index contributed by atoms with van der Waals surface area (Å²) in [6.07, 6.45) is 0. The van der Waals surface area contributed by atoms with Gasteiger partial charge in [-0.05, 0) is 62.2 Å². The maximum Gasteiger partial charge on any atom is 0.278 e. The number of aromatic nitrogens is 2. The second kappa shape index (κ2) is 9.31. The van der Waals surface area contributed by atoms with Gasteiger partial charge in [0, 0.05) is 18.2 Å². The van der Waals surface area contributed by atoms with E-state index in [0.29, 0.717) is 28.0 Å². The molecule has 0 spiro atoms. The van der Waals surface area contributed by atoms with Crippen LogP contribution in [0.25, 0.3) is 22.3 Å². The van der Waals surface area contributed by atoms with Crippen molar-refractivity contribution in [3.8, 4) is 11.3 Å². The largest absolute Gasteiger partial charge is 0.326 e. The first-order valence-electron chi connectivity index (χ1n) is 11.0. The van der Waals surface area contributed by atoms with Crippen molar-refractivity contribution in [1.29, 1.82) is 0 Å². The molecule has 0 bridgehead atoms. The maximum atomic E-state index is 13.7. The molecule has 2 amide bonds. The zero-order valence-corrected chi connectivity index (χ0v) is 19.5. The molecule has 4 aromatic rings. The molecule has 0 unspecified atom stereocenters. The summed E-state index contributed by atoms with van der Waals surface area (Å²) < 4.78 is 1.46. The molecular formula is C27H26N4O3. The smallest absolute Gasteiger partial charge is 0.278 e. The first-order valence-corrected chi connectivity index (χ1v) is 11.0. The fraction of sp³-hybridized carbons (Fsp3) is 0.185. The number of hydrogen-bond donors (Lipinski definition) is 2. The van der Waals surface area contributed by atoms with E-state index in [9.17, 15) is 14.4 Å². The Labute approximate surface area is 197 Å². The number of carbonyl (C=O) groups is 2. The monoisotopic (exact) mass is 454 g/mol. The third kappa shape index (κ3) is 4.45. The van der Waals surface area contributed by atoms with Crippen LogP contribution in [0, 0.1) is 13.8 Å². The van der Waals surface area contributed by atoms with Gasteiger partial charge in [-0.15, -0.1) is 0 Å². The molecule has 3 aromatic carbocycles. The number of hydrogen-bond acceptors (Lipinski definition) is 4. The quantitative estimate of drug-likeness (QED) is 0.451. The predicted molar refractivity (Wildman–Crippen MR) is 135 cm³/mol. The Hall–Kier alpha value is -4.26. The number of aryl methyl sites for hydroxylation is 2. The van der Waals surface area contributed by atoms with Crippen LogP contribution < -0.4 is 16.2 Å². The number of anilines is 2. The van der Waals surface area contributed by atoms with Crippen LogP contribution in [-0.2, 0) is 9.59 Å². The standard InChI is InChI=1S/C27H26N4O3/c1-16-13-14-20(15-17(16)2)29-26(33)18(3)31-24-12-8-7-11-23(24)30-25(27(31)34)21-9-5-6-10-22(21)28-19(4)32/h5-15,18H,1-4H3,(H,28,32)(H,29,33)/t18-/m0/s1. The average molecular weight is 455 g/mol. The van der Waals surface area contributed by atoms with Gasteiger partial charge < -0.3 is 10.6 Å². The zero-order chi connectivity index (χ0) is 24.4. The van der Waals surface area contributed by atoms with Crippen LogP contribution in [0.1, 0.15) is 31.0 Å². The Morgan fingerprint density at radius 1 is 0.912 bits per heavy atom. The molecule has 0 saturated carbocycles. The summed E-state index contributed by atoms with van der Waals surface area (Å²) in [7, 11) is 0. The van der Waals surface area contributed by atoms with Crippen LogP contribution in [0.15, 0.2) is 71.5 Å². The number of amides is 2. The van der Waals surface area contributed by atoms with E-state index < -0.39 is 11.6 Å². The molecule has 0 aliphatic heterocycles. The topological polar surface area (TPSA) is 93.1 Å². The van der Waals surface area contributed by atoms with Crippen molar-refractivity contribution in [3.05, 3.63) is 88.2 Å². The highest BCUT2D eigenvalue weighted by molar-refractivity contribution is 5.96. The highest BCUT2D eigenvalue weighted by atomic mass is 16.2. The van der Waals surface area contributed by atoms with Crippen molar-refractivity contribution < 1.29 is 9.59 Å². The van der Waals surface area contributed by atoms with E-state index in [1.165, 1.54) is 11.5 Å². The lowest BCUT2D eigenvalue weighted by atomic mass is 10.1. The summed E-state index contributed by atoms with van der Waals surface area (Å²) in [6, 6.07) is 19.1. The second-order valence-electron chi connectivity index (χ2n) is 8.32. The molecule has 2 N–H and O–H groups in total. The third-order valence-electron chi connectivity index (χ3n) is 5.83. The Balaban J connectivity index is 1.84. The highest BCUT2D eigenvalue weighted by Gasteiger charge is 2.23. The van der Waals surface area contributed by atoms with Crippen molar-refractivity contribution in [2.45, 2.75) is 33.7 Å². The van der Waals surface area contributed by atoms with Crippen LogP contribution in [0.3, 0.4) is 0 Å². The summed E-state index contributed by atoms with van der Waals surface area (Å²) in [6.45, 7) is 7.08. The van der Waals surface area contributed by atoms with Gasteiger partial charge in [0.25, 0.3) is 5.56 Å². The van der Waals surface area contributed by atoms with Gasteiger partial charge in [0.05, 0.1) is 16.7 Å². The SMILES string of the molecule is CC(=O)Nc1ccccc1-c1nc2ccccc2n([C@@H](C)C(=O)Nc2ccc(C)c(C)c2)c1=O. The number of rotatable bonds is 5. The maximum absolute atomic E-state index is 13.7. The molecule has 1 heterocycles. The van der Waals surface area contributed by atoms with Gasteiger partial charge in [0.15, 0.2) is 0 Å². The molecule has 34 heavy (non-hydrogen) atoms. The van der Waals surface area contributed by atoms with Gasteiger partial charge in [-0.1, -0.05) is 36.4 Å². The van der Waals surface area contributed by atoms with E-state index in [1.807, 2.05) is 38.1 Å². The number of nitrogens with zero attached hydrogens (tertiary/aromatic N) is 2. The van der Waals surface area contributed by atoms with E-state index in [0.717, 1.165) is 11.1 Å². The first kappa shape index (κ1) is 22.9. The van der Waals surface area contributed by atoms with Gasteiger partial charge in [0.2, 0.25) is 11.8 Å². The molecule has 0 saturated heterocycles. The van der Waals surface area contributed by atoms with Crippen LogP contribution in [0.2, 0.25) is 0 Å². The van der Waals surface area contributed by atoms with Gasteiger partial charge in [-0.3, -0.25) is 19.0 Å². The molecule has 7 heteroatoms. The molecule has 172 valence electrons. The predicted octanol–water partition coefficient (Wildman–Crippen LogP) is 4.84. The molecule has 0 aliphatic rings. The first-order chi connectivity index (χ1) is 16.3. The number of nitrogens with one attached hydrogen (secondary N) is 2. The minimum absolute atomic E-state index is 0.161. The number of carbonyl (C=O) groups excluding carboxylic acids is 2. The fourth-order valence-electron chi connectivity index (χ4n) is 3.89. The normalized spacial score (nSPS) is 11.8. The summed E-state index contributed by atoms with van der Waals surface area (Å²) in [4.78, 5) is 43.3. The fourth-order valence-corrected chi connectivity index (χ4v) is 3.89. The van der Waals surface area contributed by atoms with Gasteiger partial charge in [-0.25, -0.2) is 4.98 Å². The van der Waals surface area contributed by atoms with Crippen LogP contribution in [-0.4, -0.2) is 21.4 Å². The number of para-hydroxylation sites is 3. The van der Waals surface area contributed by atoms with E-state index in [-0.39, 0.29) is 17.5 Å². The van der Waals surface area contributed by atoms with Crippen molar-refractivity contribution in [1.82, 2.24) is 9.55 Å². The van der Waals surface area contributed by atoms with Gasteiger partial charge in [-0.2, -0.15) is 0 Å². The molecule has 7 nitrogen and oxygen atoms in total.